The lowest BCUT2D eigenvalue weighted by molar-refractivity contribution is -0.141. The summed E-state index contributed by atoms with van der Waals surface area (Å²) in [7, 11) is 1.61. The summed E-state index contributed by atoms with van der Waals surface area (Å²) in [5.74, 6) is 0.323. The summed E-state index contributed by atoms with van der Waals surface area (Å²) in [4.78, 5) is 18.0. The molecule has 1 N–H and O–H groups in total. The Hall–Kier alpha value is -2.89. The maximum absolute atomic E-state index is 13.6. The number of nitrogens with zero attached hydrogens (tertiary/aromatic N) is 1. The second-order valence-corrected chi connectivity index (χ2v) is 6.72. The van der Waals surface area contributed by atoms with Crippen LogP contribution in [-0.4, -0.2) is 30.9 Å². The van der Waals surface area contributed by atoms with E-state index in [4.69, 9.17) is 9.57 Å². The van der Waals surface area contributed by atoms with Gasteiger partial charge < -0.3 is 14.9 Å². The summed E-state index contributed by atoms with van der Waals surface area (Å²) < 4.78 is 18.8. The van der Waals surface area contributed by atoms with Gasteiger partial charge in [-0.3, -0.25) is 4.79 Å². The van der Waals surface area contributed by atoms with Gasteiger partial charge in [-0.15, -0.1) is 0 Å². The highest BCUT2D eigenvalue weighted by molar-refractivity contribution is 6.05. The van der Waals surface area contributed by atoms with Crippen LogP contribution < -0.4 is 10.1 Å². The molecule has 1 aliphatic rings. The van der Waals surface area contributed by atoms with Crippen molar-refractivity contribution in [3.8, 4) is 5.75 Å². The minimum Gasteiger partial charge on any atom is -0.497 e. The van der Waals surface area contributed by atoms with Crippen molar-refractivity contribution < 1.29 is 18.8 Å². The molecule has 0 unspecified atom stereocenters. The molecule has 1 aliphatic heterocycles. The van der Waals surface area contributed by atoms with E-state index < -0.39 is 5.60 Å². The quantitative estimate of drug-likeness (QED) is 0.760. The molecule has 27 heavy (non-hydrogen) atoms. The fraction of sp³-hybridized carbons (Fsp3) is 0.333. The number of hydrogen-bond acceptors (Lipinski definition) is 4. The monoisotopic (exact) mass is 370 g/mol. The van der Waals surface area contributed by atoms with Gasteiger partial charge in [-0.2, -0.15) is 0 Å². The molecule has 3 rings (SSSR count). The van der Waals surface area contributed by atoms with Crippen molar-refractivity contribution in [1.29, 1.82) is 0 Å². The number of hydrogen-bond donors (Lipinski definition) is 1. The predicted molar refractivity (Wildman–Crippen MR) is 101 cm³/mol. The first-order valence-electron chi connectivity index (χ1n) is 8.93. The predicted octanol–water partition coefficient (Wildman–Crippen LogP) is 3.47. The van der Waals surface area contributed by atoms with Gasteiger partial charge in [0.05, 0.1) is 12.8 Å². The fourth-order valence-corrected chi connectivity index (χ4v) is 2.97. The maximum atomic E-state index is 13.6. The zero-order chi connectivity index (χ0) is 19.3. The third-order valence-corrected chi connectivity index (χ3v) is 4.63. The van der Waals surface area contributed by atoms with Crippen molar-refractivity contribution in [2.45, 2.75) is 31.8 Å². The van der Waals surface area contributed by atoms with Crippen molar-refractivity contribution in [2.24, 2.45) is 5.16 Å². The van der Waals surface area contributed by atoms with Crippen LogP contribution in [0.25, 0.3) is 0 Å². The zero-order valence-electron chi connectivity index (χ0n) is 15.5. The third-order valence-electron chi connectivity index (χ3n) is 4.63. The van der Waals surface area contributed by atoms with Crippen LogP contribution in [0.5, 0.6) is 5.75 Å². The first-order chi connectivity index (χ1) is 13.0. The molecule has 1 atom stereocenters. The van der Waals surface area contributed by atoms with Gasteiger partial charge in [-0.25, -0.2) is 4.39 Å². The average Bonchev–Trinajstić information content (AvgIpc) is 3.10. The molecule has 0 saturated carbocycles. The van der Waals surface area contributed by atoms with Crippen LogP contribution in [0.15, 0.2) is 53.7 Å². The zero-order valence-corrected chi connectivity index (χ0v) is 15.5. The number of nitrogens with one attached hydrogen (secondary N) is 1. The Morgan fingerprint density at radius 2 is 2.00 bits per heavy atom. The van der Waals surface area contributed by atoms with Gasteiger partial charge in [-0.1, -0.05) is 23.4 Å². The summed E-state index contributed by atoms with van der Waals surface area (Å²) >= 11 is 0. The Balaban J connectivity index is 1.49. The summed E-state index contributed by atoms with van der Waals surface area (Å²) in [5, 5.41) is 6.95. The van der Waals surface area contributed by atoms with E-state index in [1.807, 2.05) is 30.3 Å². The van der Waals surface area contributed by atoms with E-state index in [1.54, 1.807) is 26.2 Å². The molecule has 0 aliphatic carbocycles. The lowest BCUT2D eigenvalue weighted by atomic mass is 9.95. The van der Waals surface area contributed by atoms with Crippen LogP contribution in [0, 0.1) is 5.82 Å². The number of ether oxygens (including phenoxy) is 1. The van der Waals surface area contributed by atoms with E-state index >= 15 is 0 Å². The lowest BCUT2D eigenvalue weighted by Gasteiger charge is -2.20. The molecule has 0 radical (unpaired) electrons. The molecular weight excluding hydrogens is 347 g/mol. The Labute approximate surface area is 158 Å². The maximum Gasteiger partial charge on any atom is 0.267 e. The molecule has 0 spiro atoms. The molecule has 0 fully saturated rings. The van der Waals surface area contributed by atoms with E-state index in [0.717, 1.165) is 17.0 Å². The third kappa shape index (κ3) is 4.45. The Morgan fingerprint density at radius 3 is 2.70 bits per heavy atom. The van der Waals surface area contributed by atoms with E-state index in [0.29, 0.717) is 31.4 Å². The second-order valence-electron chi connectivity index (χ2n) is 6.72. The van der Waals surface area contributed by atoms with E-state index in [1.165, 1.54) is 6.07 Å². The van der Waals surface area contributed by atoms with Gasteiger partial charge in [0.15, 0.2) is 0 Å². The standard InChI is InChI=1S/C21H23FN2O3/c1-21(14-19(24-27-21)16-9-11-17(26-2)12-10-16)20(25)23-13-5-7-15-6-3-4-8-18(15)22/h3-4,6,8-12H,5,7,13-14H2,1-2H3,(H,23,25)/t21-/m0/s1. The van der Waals surface area contributed by atoms with Gasteiger partial charge in [0, 0.05) is 13.0 Å². The largest absolute Gasteiger partial charge is 0.497 e. The van der Waals surface area contributed by atoms with Gasteiger partial charge >= 0.3 is 0 Å². The number of rotatable bonds is 7. The minimum absolute atomic E-state index is 0.215. The van der Waals surface area contributed by atoms with Crippen LogP contribution in [0.4, 0.5) is 4.39 Å². The average molecular weight is 370 g/mol. The van der Waals surface area contributed by atoms with Gasteiger partial charge in [0.2, 0.25) is 5.60 Å². The van der Waals surface area contributed by atoms with Crippen LogP contribution in [0.2, 0.25) is 0 Å². The summed E-state index contributed by atoms with van der Waals surface area (Å²) in [6, 6.07) is 14.1. The molecule has 0 bridgehead atoms. The molecule has 0 aromatic heterocycles. The SMILES string of the molecule is COc1ccc(C2=NO[C@](C)(C(=O)NCCCc3ccccc3F)C2)cc1. The Morgan fingerprint density at radius 1 is 1.26 bits per heavy atom. The smallest absolute Gasteiger partial charge is 0.267 e. The number of aryl methyl sites for hydroxylation is 1. The highest BCUT2D eigenvalue weighted by Gasteiger charge is 2.41. The van der Waals surface area contributed by atoms with E-state index in [2.05, 4.69) is 10.5 Å². The normalized spacial score (nSPS) is 18.6. The molecule has 142 valence electrons. The van der Waals surface area contributed by atoms with Crippen molar-refractivity contribution in [3.05, 3.63) is 65.5 Å². The Bertz CT molecular complexity index is 836. The number of oxime groups is 1. The second kappa shape index (κ2) is 8.20. The topological polar surface area (TPSA) is 59.9 Å². The summed E-state index contributed by atoms with van der Waals surface area (Å²) in [6.45, 7) is 2.17. The molecule has 1 heterocycles. The number of benzene rings is 2. The van der Waals surface area contributed by atoms with Crippen LogP contribution in [-0.2, 0) is 16.1 Å². The first-order valence-corrected chi connectivity index (χ1v) is 8.93. The van der Waals surface area contributed by atoms with Crippen LogP contribution in [0.1, 0.15) is 30.9 Å². The number of carbonyl (C=O) groups excluding carboxylic acids is 1. The van der Waals surface area contributed by atoms with Crippen molar-refractivity contribution in [3.63, 3.8) is 0 Å². The molecule has 0 saturated heterocycles. The fourth-order valence-electron chi connectivity index (χ4n) is 2.97. The van der Waals surface area contributed by atoms with Crippen molar-refractivity contribution in [2.75, 3.05) is 13.7 Å². The Kier molecular flexibility index (Phi) is 5.74. The minimum atomic E-state index is -1.03. The van der Waals surface area contributed by atoms with E-state index in [9.17, 15) is 9.18 Å². The van der Waals surface area contributed by atoms with Crippen molar-refractivity contribution >= 4 is 11.6 Å². The number of carbonyl (C=O) groups is 1. The van der Waals surface area contributed by atoms with Crippen LogP contribution in [0.3, 0.4) is 0 Å². The highest BCUT2D eigenvalue weighted by Crippen LogP contribution is 2.27. The number of halogens is 1. The molecule has 1 amide bonds. The van der Waals surface area contributed by atoms with Crippen molar-refractivity contribution in [1.82, 2.24) is 5.32 Å². The van der Waals surface area contributed by atoms with Gasteiger partial charge in [0.1, 0.15) is 11.6 Å². The van der Waals surface area contributed by atoms with Crippen LogP contribution >= 0.6 is 0 Å². The highest BCUT2D eigenvalue weighted by atomic mass is 19.1. The molecule has 5 nitrogen and oxygen atoms in total. The first kappa shape index (κ1) is 18.9. The van der Waals surface area contributed by atoms with E-state index in [-0.39, 0.29) is 11.7 Å². The molecular formula is C21H23FN2O3. The number of methoxy groups -OCH3 is 1. The molecule has 6 heteroatoms. The molecule has 2 aromatic carbocycles. The van der Waals surface area contributed by atoms with Gasteiger partial charge in [0.25, 0.3) is 5.91 Å². The summed E-state index contributed by atoms with van der Waals surface area (Å²) in [5.41, 5.74) is 1.24. The lowest BCUT2D eigenvalue weighted by Crippen LogP contribution is -2.45. The molecule has 2 aromatic rings. The summed E-state index contributed by atoms with van der Waals surface area (Å²) in [6.07, 6.45) is 1.60. The van der Waals surface area contributed by atoms with Gasteiger partial charge in [-0.05, 0) is 61.2 Å². The number of amides is 1.